The molecule has 2 unspecified atom stereocenters. The van der Waals surface area contributed by atoms with Gasteiger partial charge in [-0.1, -0.05) is 48.5 Å². The van der Waals surface area contributed by atoms with Gasteiger partial charge in [0.25, 0.3) is 0 Å². The summed E-state index contributed by atoms with van der Waals surface area (Å²) in [5.41, 5.74) is 1.05. The van der Waals surface area contributed by atoms with Gasteiger partial charge in [0.2, 0.25) is 0 Å². The van der Waals surface area contributed by atoms with Crippen LogP contribution in [0.3, 0.4) is 0 Å². The van der Waals surface area contributed by atoms with Crippen molar-refractivity contribution in [2.75, 3.05) is 20.3 Å². The maximum Gasteiger partial charge on any atom is 0.315 e. The van der Waals surface area contributed by atoms with E-state index in [1.165, 1.54) is 12.1 Å². The van der Waals surface area contributed by atoms with Crippen molar-refractivity contribution in [1.29, 1.82) is 0 Å². The molecule has 2 aromatic rings. The Balaban J connectivity index is 1.90. The average Bonchev–Trinajstić information content (AvgIpc) is 2.60. The van der Waals surface area contributed by atoms with Crippen LogP contribution in [0.15, 0.2) is 54.6 Å². The molecule has 0 heterocycles. The topological polar surface area (TPSA) is 70.6 Å². The molecule has 0 bridgehead atoms. The summed E-state index contributed by atoms with van der Waals surface area (Å²) in [5.74, 6) is -0.506. The third kappa shape index (κ3) is 5.04. The van der Waals surface area contributed by atoms with Crippen molar-refractivity contribution in [1.82, 2.24) is 10.6 Å². The quantitative estimate of drug-likeness (QED) is 0.730. The number of ether oxygens (including phenoxy) is 1. The molecule has 3 N–H and O–H groups in total. The molecule has 0 saturated carbocycles. The van der Waals surface area contributed by atoms with Gasteiger partial charge < -0.3 is 20.5 Å². The smallest absolute Gasteiger partial charge is 0.315 e. The van der Waals surface area contributed by atoms with Crippen LogP contribution in [0.2, 0.25) is 0 Å². The van der Waals surface area contributed by atoms with Crippen molar-refractivity contribution in [3.63, 3.8) is 0 Å². The lowest BCUT2D eigenvalue weighted by atomic mass is 10.1. The van der Waals surface area contributed by atoms with Crippen molar-refractivity contribution in [2.45, 2.75) is 12.1 Å². The van der Waals surface area contributed by atoms with Crippen molar-refractivity contribution >= 4 is 6.03 Å². The lowest BCUT2D eigenvalue weighted by Crippen LogP contribution is -2.41. The maximum atomic E-state index is 13.6. The van der Waals surface area contributed by atoms with Crippen LogP contribution in [0.5, 0.6) is 0 Å². The van der Waals surface area contributed by atoms with E-state index in [2.05, 4.69) is 10.6 Å². The summed E-state index contributed by atoms with van der Waals surface area (Å²) in [6.45, 7) is 0.217. The predicted octanol–water partition coefficient (Wildman–Crippen LogP) is 2.55. The molecule has 2 atom stereocenters. The Morgan fingerprint density at radius 2 is 1.83 bits per heavy atom. The first-order valence-corrected chi connectivity index (χ1v) is 7.62. The normalized spacial score (nSPS) is 13.1. The summed E-state index contributed by atoms with van der Waals surface area (Å²) in [5, 5.41) is 15.3. The highest BCUT2D eigenvalue weighted by atomic mass is 19.1. The van der Waals surface area contributed by atoms with Crippen LogP contribution in [0, 0.1) is 5.82 Å². The van der Waals surface area contributed by atoms with Crippen LogP contribution in [0.4, 0.5) is 9.18 Å². The second-order valence-corrected chi connectivity index (χ2v) is 5.31. The molecule has 0 aliphatic rings. The molecule has 2 amide bonds. The van der Waals surface area contributed by atoms with Crippen molar-refractivity contribution in [3.05, 3.63) is 71.5 Å². The second kappa shape index (κ2) is 9.00. The minimum atomic E-state index is -1.12. The van der Waals surface area contributed by atoms with Crippen molar-refractivity contribution in [2.24, 2.45) is 0 Å². The lowest BCUT2D eigenvalue weighted by Gasteiger charge is -2.20. The number of nitrogens with one attached hydrogen (secondary N) is 2. The van der Waals surface area contributed by atoms with Crippen molar-refractivity contribution < 1.29 is 19.0 Å². The zero-order valence-electron chi connectivity index (χ0n) is 13.4. The molecule has 24 heavy (non-hydrogen) atoms. The van der Waals surface area contributed by atoms with Crippen LogP contribution < -0.4 is 10.6 Å². The number of hydrogen-bond acceptors (Lipinski definition) is 3. The highest BCUT2D eigenvalue weighted by Crippen LogP contribution is 2.16. The Hall–Kier alpha value is -2.44. The molecule has 5 nitrogen and oxygen atoms in total. The highest BCUT2D eigenvalue weighted by molar-refractivity contribution is 5.74. The summed E-state index contributed by atoms with van der Waals surface area (Å²) in [6.07, 6.45) is -1.12. The van der Waals surface area contributed by atoms with Gasteiger partial charge in [-0.2, -0.15) is 0 Å². The Kier molecular flexibility index (Phi) is 6.72. The number of hydrogen-bond donors (Lipinski definition) is 3. The average molecular weight is 332 g/mol. The van der Waals surface area contributed by atoms with E-state index >= 15 is 0 Å². The van der Waals surface area contributed by atoms with Crippen LogP contribution in [-0.4, -0.2) is 31.4 Å². The van der Waals surface area contributed by atoms with E-state index in [1.54, 1.807) is 19.2 Å². The number of amides is 2. The third-order valence-electron chi connectivity index (χ3n) is 3.56. The van der Waals surface area contributed by atoms with Crippen LogP contribution in [0.1, 0.15) is 23.3 Å². The number of benzene rings is 2. The standard InChI is InChI=1S/C18H21FN2O3/c1-24-12-16(13-7-3-2-4-8-13)21-18(23)20-11-17(22)14-9-5-6-10-15(14)19/h2-10,16-17,22H,11-12H2,1H3,(H2,20,21,23). The Bertz CT molecular complexity index is 652. The molecular weight excluding hydrogens is 311 g/mol. The van der Waals surface area contributed by atoms with E-state index in [0.29, 0.717) is 6.61 Å². The molecule has 0 spiro atoms. The Morgan fingerprint density at radius 3 is 2.50 bits per heavy atom. The largest absolute Gasteiger partial charge is 0.386 e. The van der Waals surface area contributed by atoms with Crippen LogP contribution in [-0.2, 0) is 4.74 Å². The fourth-order valence-electron chi connectivity index (χ4n) is 2.33. The van der Waals surface area contributed by atoms with Gasteiger partial charge in [0.15, 0.2) is 0 Å². The summed E-state index contributed by atoms with van der Waals surface area (Å²) in [6, 6.07) is 14.6. The van der Waals surface area contributed by atoms with Gasteiger partial charge in [0.05, 0.1) is 18.8 Å². The first-order valence-electron chi connectivity index (χ1n) is 7.62. The van der Waals surface area contributed by atoms with Gasteiger partial charge in [-0.15, -0.1) is 0 Å². The van der Waals surface area contributed by atoms with E-state index in [4.69, 9.17) is 4.74 Å². The van der Waals surface area contributed by atoms with Crippen LogP contribution >= 0.6 is 0 Å². The predicted molar refractivity (Wildman–Crippen MR) is 89.0 cm³/mol. The lowest BCUT2D eigenvalue weighted by molar-refractivity contribution is 0.157. The summed E-state index contributed by atoms with van der Waals surface area (Å²) in [4.78, 5) is 12.0. The molecule has 2 rings (SSSR count). The van der Waals surface area contributed by atoms with E-state index in [-0.39, 0.29) is 18.2 Å². The molecule has 6 heteroatoms. The minimum absolute atomic E-state index is 0.0960. The van der Waals surface area contributed by atoms with Gasteiger partial charge in [0.1, 0.15) is 5.82 Å². The van der Waals surface area contributed by atoms with Gasteiger partial charge in [-0.3, -0.25) is 0 Å². The minimum Gasteiger partial charge on any atom is -0.386 e. The van der Waals surface area contributed by atoms with Gasteiger partial charge in [-0.25, -0.2) is 9.18 Å². The molecule has 2 aromatic carbocycles. The first-order chi connectivity index (χ1) is 11.6. The Labute approximate surface area is 140 Å². The summed E-state index contributed by atoms with van der Waals surface area (Å²) < 4.78 is 18.7. The summed E-state index contributed by atoms with van der Waals surface area (Å²) in [7, 11) is 1.55. The maximum absolute atomic E-state index is 13.6. The van der Waals surface area contributed by atoms with Gasteiger partial charge >= 0.3 is 6.03 Å². The fraction of sp³-hybridized carbons (Fsp3) is 0.278. The van der Waals surface area contributed by atoms with Gasteiger partial charge in [0, 0.05) is 19.2 Å². The number of halogens is 1. The highest BCUT2D eigenvalue weighted by Gasteiger charge is 2.16. The molecule has 0 saturated heterocycles. The molecule has 0 aromatic heterocycles. The van der Waals surface area contributed by atoms with E-state index < -0.39 is 18.0 Å². The molecule has 0 radical (unpaired) electrons. The number of rotatable bonds is 7. The second-order valence-electron chi connectivity index (χ2n) is 5.31. The zero-order chi connectivity index (χ0) is 17.4. The molecule has 128 valence electrons. The van der Waals surface area contributed by atoms with Crippen LogP contribution in [0.25, 0.3) is 0 Å². The molecule has 0 aliphatic carbocycles. The first kappa shape index (κ1) is 17.9. The molecular formula is C18H21FN2O3. The fourth-order valence-corrected chi connectivity index (χ4v) is 2.33. The Morgan fingerprint density at radius 1 is 1.17 bits per heavy atom. The van der Waals surface area contributed by atoms with E-state index in [0.717, 1.165) is 5.56 Å². The zero-order valence-corrected chi connectivity index (χ0v) is 13.4. The number of methoxy groups -OCH3 is 1. The summed E-state index contributed by atoms with van der Waals surface area (Å²) >= 11 is 0. The number of carbonyl (C=O) groups excluding carboxylic acids is 1. The SMILES string of the molecule is COCC(NC(=O)NCC(O)c1ccccc1F)c1ccccc1. The number of aliphatic hydroxyl groups is 1. The molecule has 0 aliphatic heterocycles. The number of carbonyl (C=O) groups is 1. The number of urea groups is 1. The van der Waals surface area contributed by atoms with Gasteiger partial charge in [-0.05, 0) is 11.6 Å². The van der Waals surface area contributed by atoms with Crippen molar-refractivity contribution in [3.8, 4) is 0 Å². The number of aliphatic hydroxyl groups excluding tert-OH is 1. The van der Waals surface area contributed by atoms with E-state index in [1.807, 2.05) is 30.3 Å². The van der Waals surface area contributed by atoms with E-state index in [9.17, 15) is 14.3 Å². The monoisotopic (exact) mass is 332 g/mol. The third-order valence-corrected chi connectivity index (χ3v) is 3.56. The molecule has 0 fully saturated rings.